The zero-order valence-electron chi connectivity index (χ0n) is 21.4. The summed E-state index contributed by atoms with van der Waals surface area (Å²) in [7, 11) is 1.31. The lowest BCUT2D eigenvalue weighted by Gasteiger charge is -2.37. The maximum Gasteiger partial charge on any atom is 0.409 e. The molecule has 0 aromatic carbocycles. The number of likely N-dealkylation sites (tertiary alicyclic amines) is 1. The fraction of sp³-hybridized carbons (Fsp3) is 0.792. The van der Waals surface area contributed by atoms with Crippen LogP contribution in [0, 0.1) is 0 Å². The number of ether oxygens (including phenoxy) is 2. The van der Waals surface area contributed by atoms with Crippen molar-refractivity contribution in [2.45, 2.75) is 88.0 Å². The summed E-state index contributed by atoms with van der Waals surface area (Å²) in [6.45, 7) is 0.995. The zero-order valence-corrected chi connectivity index (χ0v) is 21.4. The Labute approximate surface area is 216 Å². The number of aliphatic hydroxyl groups excluding tert-OH is 1. The third-order valence-corrected chi connectivity index (χ3v) is 7.24. The van der Waals surface area contributed by atoms with Crippen molar-refractivity contribution in [1.29, 1.82) is 0 Å². The molecule has 13 heteroatoms. The first kappa shape index (κ1) is 28.5. The van der Waals surface area contributed by atoms with Gasteiger partial charge in [0, 0.05) is 32.5 Å². The minimum Gasteiger partial charge on any atom is -0.453 e. The van der Waals surface area contributed by atoms with Gasteiger partial charge in [0.15, 0.2) is 0 Å². The third kappa shape index (κ3) is 7.94. The van der Waals surface area contributed by atoms with Crippen LogP contribution in [0.25, 0.3) is 0 Å². The number of hydrogen-bond donors (Lipinski definition) is 5. The van der Waals surface area contributed by atoms with Crippen molar-refractivity contribution in [1.82, 2.24) is 26.2 Å². The van der Waals surface area contributed by atoms with E-state index in [1.807, 2.05) is 0 Å². The molecule has 1 aliphatic carbocycles. The number of carbonyl (C=O) groups excluding carboxylic acids is 5. The average molecular weight is 526 g/mol. The van der Waals surface area contributed by atoms with Gasteiger partial charge in [0.25, 0.3) is 5.91 Å². The number of hydrogen-bond acceptors (Lipinski definition) is 8. The number of amides is 5. The molecule has 0 bridgehead atoms. The minimum absolute atomic E-state index is 0.290. The van der Waals surface area contributed by atoms with Crippen LogP contribution in [0.15, 0.2) is 0 Å². The molecule has 0 aromatic rings. The molecule has 2 atom stereocenters. The Kier molecular flexibility index (Phi) is 10.4. The summed E-state index contributed by atoms with van der Waals surface area (Å²) >= 11 is 0. The van der Waals surface area contributed by atoms with Gasteiger partial charge in [-0.2, -0.15) is 0 Å². The van der Waals surface area contributed by atoms with Crippen LogP contribution in [0.5, 0.6) is 0 Å². The maximum atomic E-state index is 13.2. The molecule has 1 saturated carbocycles. The first-order valence-corrected chi connectivity index (χ1v) is 13.1. The first-order valence-electron chi connectivity index (χ1n) is 13.1. The van der Waals surface area contributed by atoms with E-state index in [9.17, 15) is 29.1 Å². The van der Waals surface area contributed by atoms with E-state index in [0.29, 0.717) is 51.7 Å². The van der Waals surface area contributed by atoms with Gasteiger partial charge in [-0.1, -0.05) is 19.3 Å². The Balaban J connectivity index is 1.50. The van der Waals surface area contributed by atoms with Crippen molar-refractivity contribution in [2.24, 2.45) is 0 Å². The fourth-order valence-electron chi connectivity index (χ4n) is 5.02. The zero-order chi connectivity index (χ0) is 26.8. The van der Waals surface area contributed by atoms with Crippen LogP contribution in [-0.4, -0.2) is 97.0 Å². The van der Waals surface area contributed by atoms with E-state index < -0.39 is 47.8 Å². The Morgan fingerprint density at radius 1 is 1.08 bits per heavy atom. The number of aliphatic hydroxyl groups is 1. The Bertz CT molecular complexity index is 839. The number of methoxy groups -OCH3 is 1. The van der Waals surface area contributed by atoms with E-state index in [-0.39, 0.29) is 12.5 Å². The van der Waals surface area contributed by atoms with Gasteiger partial charge in [-0.05, 0) is 32.1 Å². The molecule has 0 aromatic heterocycles. The van der Waals surface area contributed by atoms with Crippen molar-refractivity contribution < 1.29 is 38.6 Å². The number of nitrogens with one attached hydrogen (secondary N) is 4. The van der Waals surface area contributed by atoms with Gasteiger partial charge in [-0.3, -0.25) is 14.4 Å². The molecule has 0 spiro atoms. The Hall–Kier alpha value is -3.09. The smallest absolute Gasteiger partial charge is 0.409 e. The predicted octanol–water partition coefficient (Wildman–Crippen LogP) is -0.0917. The number of alkyl carbamates (subject to hydrolysis) is 1. The largest absolute Gasteiger partial charge is 0.453 e. The SMILES string of the molecule is COC(=O)N1CCC(OC(=O)NC2(C(=O)NC[C@H](O)C(=O)N[C@H]3CCCCNC3=O)CCCCC2)CC1. The highest BCUT2D eigenvalue weighted by molar-refractivity contribution is 5.92. The van der Waals surface area contributed by atoms with Gasteiger partial charge >= 0.3 is 12.2 Å². The molecule has 3 aliphatic rings. The van der Waals surface area contributed by atoms with Gasteiger partial charge in [0.1, 0.15) is 23.8 Å². The number of nitrogens with zero attached hydrogens (tertiary/aromatic N) is 1. The Morgan fingerprint density at radius 3 is 2.46 bits per heavy atom. The highest BCUT2D eigenvalue weighted by Crippen LogP contribution is 2.29. The molecular weight excluding hydrogens is 486 g/mol. The first-order chi connectivity index (χ1) is 17.7. The molecule has 2 aliphatic heterocycles. The van der Waals surface area contributed by atoms with Crippen LogP contribution in [0.2, 0.25) is 0 Å². The molecule has 5 N–H and O–H groups in total. The van der Waals surface area contributed by atoms with Crippen LogP contribution < -0.4 is 21.3 Å². The molecule has 0 radical (unpaired) electrons. The van der Waals surface area contributed by atoms with Crippen LogP contribution >= 0.6 is 0 Å². The highest BCUT2D eigenvalue weighted by Gasteiger charge is 2.42. The van der Waals surface area contributed by atoms with Gasteiger partial charge < -0.3 is 40.7 Å². The quantitative estimate of drug-likeness (QED) is 0.306. The Morgan fingerprint density at radius 2 is 1.78 bits per heavy atom. The van der Waals surface area contributed by atoms with Crippen molar-refractivity contribution in [3.05, 3.63) is 0 Å². The second-order valence-corrected chi connectivity index (χ2v) is 9.90. The van der Waals surface area contributed by atoms with Crippen LogP contribution in [0.3, 0.4) is 0 Å². The average Bonchev–Trinajstić information content (AvgIpc) is 3.11. The molecular formula is C24H39N5O8. The second-order valence-electron chi connectivity index (χ2n) is 9.90. The number of piperidine rings is 1. The van der Waals surface area contributed by atoms with Gasteiger partial charge in [0.05, 0.1) is 13.7 Å². The molecule has 2 saturated heterocycles. The normalized spacial score (nSPS) is 23.0. The monoisotopic (exact) mass is 525 g/mol. The molecule has 0 unspecified atom stereocenters. The number of rotatable bonds is 7. The lowest BCUT2D eigenvalue weighted by molar-refractivity contribution is -0.135. The molecule has 13 nitrogen and oxygen atoms in total. The summed E-state index contributed by atoms with van der Waals surface area (Å²) in [6, 6.07) is -0.721. The van der Waals surface area contributed by atoms with E-state index in [4.69, 9.17) is 9.47 Å². The van der Waals surface area contributed by atoms with Crippen LogP contribution in [0.1, 0.15) is 64.2 Å². The topological polar surface area (TPSA) is 175 Å². The van der Waals surface area contributed by atoms with E-state index in [0.717, 1.165) is 32.1 Å². The van der Waals surface area contributed by atoms with Gasteiger partial charge in [0.2, 0.25) is 11.8 Å². The van der Waals surface area contributed by atoms with E-state index >= 15 is 0 Å². The maximum absolute atomic E-state index is 13.2. The van der Waals surface area contributed by atoms with Crippen LogP contribution in [-0.2, 0) is 23.9 Å². The van der Waals surface area contributed by atoms with Gasteiger partial charge in [-0.25, -0.2) is 9.59 Å². The number of carbonyl (C=O) groups is 5. The van der Waals surface area contributed by atoms with Crippen molar-refractivity contribution in [3.8, 4) is 0 Å². The van der Waals surface area contributed by atoms with Gasteiger partial charge in [-0.15, -0.1) is 0 Å². The highest BCUT2D eigenvalue weighted by atomic mass is 16.6. The van der Waals surface area contributed by atoms with Crippen molar-refractivity contribution >= 4 is 29.9 Å². The summed E-state index contributed by atoms with van der Waals surface area (Å²) in [6.07, 6.45) is 3.09. The molecule has 5 amide bonds. The third-order valence-electron chi connectivity index (χ3n) is 7.24. The van der Waals surface area contributed by atoms with Crippen molar-refractivity contribution in [3.63, 3.8) is 0 Å². The lowest BCUT2D eigenvalue weighted by atomic mass is 9.81. The summed E-state index contributed by atoms with van der Waals surface area (Å²) in [5.41, 5.74) is -1.21. The standard InChI is InChI=1S/C24H39N5O8/c1-36-23(35)29-13-8-16(9-14-29)37-22(34)28-24(10-4-2-5-11-24)21(33)26-15-18(30)20(32)27-17-7-3-6-12-25-19(17)31/h16-18,30H,2-15H2,1H3,(H,25,31)(H,26,33)(H,27,32)(H,28,34)/t17-,18-/m0/s1. The lowest BCUT2D eigenvalue weighted by Crippen LogP contribution is -2.61. The van der Waals surface area contributed by atoms with E-state index in [2.05, 4.69) is 21.3 Å². The summed E-state index contributed by atoms with van der Waals surface area (Å²) < 4.78 is 10.2. The van der Waals surface area contributed by atoms with Crippen LogP contribution in [0.4, 0.5) is 9.59 Å². The second kappa shape index (κ2) is 13.5. The van der Waals surface area contributed by atoms with Crippen molar-refractivity contribution in [2.75, 3.05) is 33.3 Å². The fourth-order valence-corrected chi connectivity index (χ4v) is 5.02. The molecule has 3 fully saturated rings. The summed E-state index contributed by atoms with van der Waals surface area (Å²) in [5.74, 6) is -1.53. The van der Waals surface area contributed by atoms with E-state index in [1.165, 1.54) is 12.0 Å². The minimum atomic E-state index is -1.55. The molecule has 3 rings (SSSR count). The summed E-state index contributed by atoms with van der Waals surface area (Å²) in [5, 5.41) is 20.9. The van der Waals surface area contributed by atoms with E-state index in [1.54, 1.807) is 0 Å². The molecule has 208 valence electrons. The molecule has 37 heavy (non-hydrogen) atoms. The predicted molar refractivity (Wildman–Crippen MR) is 130 cm³/mol. The summed E-state index contributed by atoms with van der Waals surface area (Å²) in [4.78, 5) is 63.5. The molecule has 2 heterocycles.